The van der Waals surface area contributed by atoms with Gasteiger partial charge in [0.15, 0.2) is 5.60 Å². The van der Waals surface area contributed by atoms with Crippen molar-refractivity contribution in [2.75, 3.05) is 11.5 Å². The molecule has 1 aliphatic carbocycles. The Kier molecular flexibility index (Phi) is 3.62. The number of halogens is 1. The molecule has 2 N–H and O–H groups in total. The van der Waals surface area contributed by atoms with Gasteiger partial charge in [-0.2, -0.15) is 11.8 Å². The highest BCUT2D eigenvalue weighted by Crippen LogP contribution is 2.34. The molecule has 1 amide bonds. The molecule has 1 aliphatic heterocycles. The average molecular weight is 342 g/mol. The van der Waals surface area contributed by atoms with E-state index in [1.807, 2.05) is 6.07 Å². The predicted octanol–water partition coefficient (Wildman–Crippen LogP) is 2.42. The first-order chi connectivity index (χ1) is 9.08. The van der Waals surface area contributed by atoms with Crippen LogP contribution in [0.1, 0.15) is 30.0 Å². The molecule has 0 radical (unpaired) electrons. The summed E-state index contributed by atoms with van der Waals surface area (Å²) in [6.45, 7) is 0. The second kappa shape index (κ2) is 5.11. The molecule has 0 spiro atoms. The number of amides is 1. The van der Waals surface area contributed by atoms with Crippen LogP contribution in [0.3, 0.4) is 0 Å². The van der Waals surface area contributed by atoms with E-state index in [1.165, 1.54) is 11.1 Å². The van der Waals surface area contributed by atoms with E-state index in [1.54, 1.807) is 11.8 Å². The molecule has 1 aromatic carbocycles. The molecular weight excluding hydrogens is 326 g/mol. The van der Waals surface area contributed by atoms with Crippen molar-refractivity contribution in [3.8, 4) is 0 Å². The van der Waals surface area contributed by atoms with Gasteiger partial charge in [-0.15, -0.1) is 0 Å². The van der Waals surface area contributed by atoms with Crippen LogP contribution in [0, 0.1) is 0 Å². The Morgan fingerprint density at radius 3 is 3.11 bits per heavy atom. The Morgan fingerprint density at radius 1 is 1.53 bits per heavy atom. The summed E-state index contributed by atoms with van der Waals surface area (Å²) in [4.78, 5) is 12.2. The number of aryl methyl sites for hydroxylation is 1. The van der Waals surface area contributed by atoms with E-state index in [9.17, 15) is 9.90 Å². The zero-order chi connectivity index (χ0) is 13.5. The number of carbonyl (C=O) groups excluding carboxylic acids is 1. The van der Waals surface area contributed by atoms with Crippen molar-refractivity contribution >= 4 is 33.6 Å². The van der Waals surface area contributed by atoms with Crippen LogP contribution >= 0.6 is 27.7 Å². The van der Waals surface area contributed by atoms with Crippen molar-refractivity contribution in [2.45, 2.75) is 30.9 Å². The van der Waals surface area contributed by atoms with Crippen molar-refractivity contribution < 1.29 is 9.90 Å². The minimum absolute atomic E-state index is 0.0465. The van der Waals surface area contributed by atoms with Gasteiger partial charge in [-0.3, -0.25) is 4.79 Å². The zero-order valence-corrected chi connectivity index (χ0v) is 12.9. The lowest BCUT2D eigenvalue weighted by molar-refractivity contribution is -0.138. The fourth-order valence-corrected chi connectivity index (χ4v) is 4.41. The van der Waals surface area contributed by atoms with E-state index < -0.39 is 5.60 Å². The predicted molar refractivity (Wildman–Crippen MR) is 80.2 cm³/mol. The van der Waals surface area contributed by atoms with Gasteiger partial charge in [0.1, 0.15) is 0 Å². The van der Waals surface area contributed by atoms with E-state index in [2.05, 4.69) is 33.4 Å². The fraction of sp³-hybridized carbons (Fsp3) is 0.500. The van der Waals surface area contributed by atoms with Crippen LogP contribution in [0.15, 0.2) is 22.7 Å². The van der Waals surface area contributed by atoms with Crippen LogP contribution in [0.25, 0.3) is 0 Å². The number of hydrogen-bond acceptors (Lipinski definition) is 3. The maximum absolute atomic E-state index is 12.2. The van der Waals surface area contributed by atoms with Gasteiger partial charge in [0.05, 0.1) is 6.04 Å². The minimum Gasteiger partial charge on any atom is -0.379 e. The Morgan fingerprint density at radius 2 is 2.37 bits per heavy atom. The molecule has 5 heteroatoms. The summed E-state index contributed by atoms with van der Waals surface area (Å²) in [7, 11) is 0. The maximum Gasteiger partial charge on any atom is 0.253 e. The Balaban J connectivity index is 1.74. The average Bonchev–Trinajstić information content (AvgIpc) is 2.97. The lowest BCUT2D eigenvalue weighted by Crippen LogP contribution is -2.47. The number of nitrogens with one attached hydrogen (secondary N) is 1. The number of thioether (sulfide) groups is 1. The summed E-state index contributed by atoms with van der Waals surface area (Å²) in [6, 6.07) is 6.22. The molecule has 2 unspecified atom stereocenters. The molecule has 1 fully saturated rings. The summed E-state index contributed by atoms with van der Waals surface area (Å²) in [5.41, 5.74) is 1.31. The molecule has 3 nitrogen and oxygen atoms in total. The van der Waals surface area contributed by atoms with Crippen LogP contribution in [-0.2, 0) is 11.2 Å². The standard InChI is InChI=1S/C14H16BrNO2S/c15-10-2-3-11-9(7-10)1-4-12(11)16-13(17)14(18)5-6-19-8-14/h2-3,7,12,18H,1,4-6,8H2,(H,16,17). The third-order valence-corrected chi connectivity index (χ3v) is 5.58. The van der Waals surface area contributed by atoms with Crippen LogP contribution in [0.5, 0.6) is 0 Å². The monoisotopic (exact) mass is 341 g/mol. The van der Waals surface area contributed by atoms with Crippen LogP contribution in [0.2, 0.25) is 0 Å². The van der Waals surface area contributed by atoms with Gasteiger partial charge in [0, 0.05) is 10.2 Å². The molecule has 2 aliphatic rings. The lowest BCUT2D eigenvalue weighted by atomic mass is 10.0. The zero-order valence-electron chi connectivity index (χ0n) is 10.5. The first kappa shape index (κ1) is 13.5. The Labute approximate surface area is 125 Å². The molecule has 0 saturated carbocycles. The number of carbonyl (C=O) groups is 1. The summed E-state index contributed by atoms with van der Waals surface area (Å²) < 4.78 is 1.07. The quantitative estimate of drug-likeness (QED) is 0.868. The van der Waals surface area contributed by atoms with Gasteiger partial charge in [0.25, 0.3) is 5.91 Å². The van der Waals surface area contributed by atoms with E-state index >= 15 is 0 Å². The normalized spacial score (nSPS) is 29.3. The van der Waals surface area contributed by atoms with Crippen molar-refractivity contribution in [1.29, 1.82) is 0 Å². The lowest BCUT2D eigenvalue weighted by Gasteiger charge is -2.23. The highest BCUT2D eigenvalue weighted by atomic mass is 79.9. The van der Waals surface area contributed by atoms with Gasteiger partial charge in [-0.05, 0) is 48.3 Å². The first-order valence-corrected chi connectivity index (χ1v) is 8.43. The molecule has 102 valence electrons. The molecule has 19 heavy (non-hydrogen) atoms. The molecular formula is C14H16BrNO2S. The highest BCUT2D eigenvalue weighted by Gasteiger charge is 2.40. The molecule has 1 saturated heterocycles. The fourth-order valence-electron chi connectivity index (χ4n) is 2.76. The number of aliphatic hydroxyl groups is 1. The first-order valence-electron chi connectivity index (χ1n) is 6.48. The summed E-state index contributed by atoms with van der Waals surface area (Å²) in [5.74, 6) is 1.16. The van der Waals surface area contributed by atoms with Crippen molar-refractivity contribution in [2.24, 2.45) is 0 Å². The Bertz CT molecular complexity index is 514. The molecule has 0 aromatic heterocycles. The van der Waals surface area contributed by atoms with E-state index in [-0.39, 0.29) is 11.9 Å². The van der Waals surface area contributed by atoms with Gasteiger partial charge >= 0.3 is 0 Å². The second-order valence-corrected chi connectivity index (χ2v) is 7.26. The minimum atomic E-state index is -1.16. The van der Waals surface area contributed by atoms with Gasteiger partial charge in [-0.1, -0.05) is 22.0 Å². The number of fused-ring (bicyclic) bond motifs is 1. The van der Waals surface area contributed by atoms with Crippen molar-refractivity contribution in [1.82, 2.24) is 5.32 Å². The molecule has 2 atom stereocenters. The van der Waals surface area contributed by atoms with E-state index in [0.717, 1.165) is 23.1 Å². The van der Waals surface area contributed by atoms with Crippen molar-refractivity contribution in [3.63, 3.8) is 0 Å². The van der Waals surface area contributed by atoms with Crippen LogP contribution in [-0.4, -0.2) is 28.1 Å². The van der Waals surface area contributed by atoms with Crippen LogP contribution in [0.4, 0.5) is 0 Å². The van der Waals surface area contributed by atoms with E-state index in [4.69, 9.17) is 0 Å². The summed E-state index contributed by atoms with van der Waals surface area (Å²) >= 11 is 5.11. The van der Waals surface area contributed by atoms with Gasteiger partial charge in [0.2, 0.25) is 0 Å². The smallest absolute Gasteiger partial charge is 0.253 e. The number of hydrogen-bond donors (Lipinski definition) is 2. The SMILES string of the molecule is O=C(NC1CCc2cc(Br)ccc21)C1(O)CCSC1. The topological polar surface area (TPSA) is 49.3 Å². The molecule has 1 aromatic rings. The van der Waals surface area contributed by atoms with Crippen LogP contribution < -0.4 is 5.32 Å². The summed E-state index contributed by atoms with van der Waals surface area (Å²) in [5, 5.41) is 13.3. The third-order valence-electron chi connectivity index (χ3n) is 3.91. The number of benzene rings is 1. The number of rotatable bonds is 2. The molecule has 0 bridgehead atoms. The van der Waals surface area contributed by atoms with Crippen molar-refractivity contribution in [3.05, 3.63) is 33.8 Å². The third kappa shape index (κ3) is 2.56. The maximum atomic E-state index is 12.2. The molecule has 1 heterocycles. The van der Waals surface area contributed by atoms with Gasteiger partial charge in [-0.25, -0.2) is 0 Å². The Hall–Kier alpha value is -0.520. The highest BCUT2D eigenvalue weighted by molar-refractivity contribution is 9.10. The summed E-state index contributed by atoms with van der Waals surface area (Å²) in [6.07, 6.45) is 2.46. The van der Waals surface area contributed by atoms with Gasteiger partial charge < -0.3 is 10.4 Å². The molecule has 3 rings (SSSR count). The largest absolute Gasteiger partial charge is 0.379 e. The second-order valence-electron chi connectivity index (χ2n) is 5.24. The van der Waals surface area contributed by atoms with E-state index in [0.29, 0.717) is 12.2 Å².